The van der Waals surface area contributed by atoms with Crippen LogP contribution in [0.3, 0.4) is 0 Å². The minimum atomic E-state index is -1.11. The quantitative estimate of drug-likeness (QED) is 0.425. The summed E-state index contributed by atoms with van der Waals surface area (Å²) in [6.07, 6.45) is 0.924. The summed E-state index contributed by atoms with van der Waals surface area (Å²) in [4.78, 5) is 23.6. The van der Waals surface area contributed by atoms with Crippen LogP contribution >= 0.6 is 0 Å². The van der Waals surface area contributed by atoms with Gasteiger partial charge in [0.25, 0.3) is 0 Å². The van der Waals surface area contributed by atoms with Gasteiger partial charge in [-0.15, -0.1) is 0 Å². The Balaban J connectivity index is -0.000000301. The van der Waals surface area contributed by atoms with Gasteiger partial charge in [-0.25, -0.2) is 0 Å². The van der Waals surface area contributed by atoms with Crippen LogP contribution in [0.4, 0.5) is 0 Å². The lowest BCUT2D eigenvalue weighted by Gasteiger charge is -2.20. The summed E-state index contributed by atoms with van der Waals surface area (Å²) < 4.78 is 10.2. The number of ether oxygens (including phenoxy) is 2. The van der Waals surface area contributed by atoms with Crippen LogP contribution in [0.5, 0.6) is 0 Å². The number of carboxylic acid groups (broad SMARTS) is 1. The van der Waals surface area contributed by atoms with Gasteiger partial charge in [-0.2, -0.15) is 0 Å². The zero-order valence-corrected chi connectivity index (χ0v) is 11.5. The van der Waals surface area contributed by atoms with Crippen LogP contribution in [0.1, 0.15) is 42.5 Å². The number of amides is 1. The predicted octanol–water partition coefficient (Wildman–Crippen LogP) is 1.24. The molecule has 0 aromatic carbocycles. The first-order valence-electron chi connectivity index (χ1n) is 6.48. The molecule has 24 heavy (non-hydrogen) atoms. The Kier molecular flexibility index (Phi) is 34.2. The zero-order valence-electron chi connectivity index (χ0n) is 11.5. The molecule has 0 fully saturated rings. The molecule has 0 saturated heterocycles. The molecule has 0 aromatic heterocycles. The Labute approximate surface area is 147 Å². The number of hydrogen-bond acceptors (Lipinski definition) is 6. The monoisotopic (exact) mass is 357 g/mol. The number of aliphatic hydroxyl groups excluding tert-OH is 2. The molecule has 0 aliphatic heterocycles. The van der Waals surface area contributed by atoms with Gasteiger partial charge in [-0.3, -0.25) is 9.59 Å². The van der Waals surface area contributed by atoms with E-state index in [1.807, 2.05) is 0 Å². The first kappa shape index (κ1) is 34.2. The Hall–Kier alpha value is -1.22. The van der Waals surface area contributed by atoms with E-state index in [-0.39, 0.29) is 69.3 Å². The first-order chi connectivity index (χ1) is 9.61. The Morgan fingerprint density at radius 3 is 1.79 bits per heavy atom. The van der Waals surface area contributed by atoms with Gasteiger partial charge in [0.05, 0.1) is 6.61 Å². The van der Waals surface area contributed by atoms with Gasteiger partial charge in [0, 0.05) is 33.0 Å². The molecule has 0 aromatic rings. The lowest BCUT2D eigenvalue weighted by molar-refractivity contribution is -0.147. The topological polar surface area (TPSA) is 117 Å². The van der Waals surface area contributed by atoms with Crippen molar-refractivity contribution in [1.82, 2.24) is 4.90 Å². The van der Waals surface area contributed by atoms with E-state index in [0.29, 0.717) is 19.4 Å². The van der Waals surface area contributed by atoms with Crippen LogP contribution in [0.25, 0.3) is 0 Å². The van der Waals surface area contributed by atoms with Crippen molar-refractivity contribution in [3.05, 3.63) is 0 Å². The number of aliphatic carboxylic acids is 1. The maximum atomic E-state index is 11.7. The molecule has 1 amide bonds. The summed E-state index contributed by atoms with van der Waals surface area (Å²) in [5.41, 5.74) is 0. The number of aliphatic hydroxyl groups is 2. The molecule has 3 N–H and O–H groups in total. The maximum Gasteiger partial charge on any atom is 0.323 e. The average molecular weight is 357 g/mol. The van der Waals surface area contributed by atoms with E-state index in [0.717, 1.165) is 4.90 Å². The van der Waals surface area contributed by atoms with E-state index in [4.69, 9.17) is 24.8 Å². The second-order valence-corrected chi connectivity index (χ2v) is 4.03. The van der Waals surface area contributed by atoms with Gasteiger partial charge in [-0.1, -0.05) is 29.7 Å². The SMILES string of the molecule is C.C.C.C.O=C(O)CN(CCOCCCO)C(=O)COCCCO. The molecule has 0 spiro atoms. The van der Waals surface area contributed by atoms with Gasteiger partial charge < -0.3 is 29.7 Å². The van der Waals surface area contributed by atoms with Crippen molar-refractivity contribution in [2.75, 3.05) is 52.7 Å². The van der Waals surface area contributed by atoms with Crippen molar-refractivity contribution in [3.63, 3.8) is 0 Å². The molecule has 8 nitrogen and oxygen atoms in total. The van der Waals surface area contributed by atoms with E-state index in [1.165, 1.54) is 0 Å². The van der Waals surface area contributed by atoms with Crippen molar-refractivity contribution in [2.45, 2.75) is 42.5 Å². The summed E-state index contributed by atoms with van der Waals surface area (Å²) in [7, 11) is 0. The van der Waals surface area contributed by atoms with Gasteiger partial charge in [0.15, 0.2) is 0 Å². The highest BCUT2D eigenvalue weighted by Crippen LogP contribution is 1.94. The number of carboxylic acids is 1. The molecule has 0 saturated carbocycles. The van der Waals surface area contributed by atoms with E-state index in [1.54, 1.807) is 0 Å². The molecular formula is C16H39NO7. The van der Waals surface area contributed by atoms with Crippen LogP contribution < -0.4 is 0 Å². The summed E-state index contributed by atoms with van der Waals surface area (Å²) >= 11 is 0. The molecule has 0 heterocycles. The van der Waals surface area contributed by atoms with Crippen molar-refractivity contribution in [1.29, 1.82) is 0 Å². The lowest BCUT2D eigenvalue weighted by atomic mass is 10.4. The Morgan fingerprint density at radius 1 is 0.833 bits per heavy atom. The van der Waals surface area contributed by atoms with Crippen LogP contribution in [0.15, 0.2) is 0 Å². The second-order valence-electron chi connectivity index (χ2n) is 4.03. The highest BCUT2D eigenvalue weighted by Gasteiger charge is 2.16. The van der Waals surface area contributed by atoms with Crippen LogP contribution in [-0.2, 0) is 19.1 Å². The number of rotatable bonds is 13. The summed E-state index contributed by atoms with van der Waals surface area (Å²) in [6.45, 7) is 0.335. The number of carbonyl (C=O) groups excluding carboxylic acids is 1. The molecule has 0 bridgehead atoms. The molecule has 8 heteroatoms. The minimum absolute atomic E-state index is 0. The minimum Gasteiger partial charge on any atom is -0.480 e. The van der Waals surface area contributed by atoms with Gasteiger partial charge in [0.2, 0.25) is 5.91 Å². The Morgan fingerprint density at radius 2 is 1.33 bits per heavy atom. The number of nitrogens with zero attached hydrogens (tertiary/aromatic N) is 1. The van der Waals surface area contributed by atoms with Crippen molar-refractivity contribution in [3.8, 4) is 0 Å². The smallest absolute Gasteiger partial charge is 0.323 e. The highest BCUT2D eigenvalue weighted by atomic mass is 16.5. The van der Waals surface area contributed by atoms with Gasteiger partial charge in [-0.05, 0) is 12.8 Å². The standard InChI is InChI=1S/C12H23NO7.4CH4/c14-4-1-6-19-8-3-13(9-12(17)18)11(16)10-20-7-2-5-15;;;;/h14-15H,1-10H2,(H,17,18);4*1H4. The van der Waals surface area contributed by atoms with E-state index < -0.39 is 18.4 Å². The molecule has 0 unspecified atom stereocenters. The zero-order chi connectivity index (χ0) is 15.2. The van der Waals surface area contributed by atoms with E-state index in [9.17, 15) is 9.59 Å². The fourth-order valence-electron chi connectivity index (χ4n) is 1.32. The molecule has 0 aliphatic rings. The van der Waals surface area contributed by atoms with Crippen LogP contribution in [0, 0.1) is 0 Å². The first-order valence-corrected chi connectivity index (χ1v) is 6.48. The largest absolute Gasteiger partial charge is 0.480 e. The van der Waals surface area contributed by atoms with Gasteiger partial charge >= 0.3 is 5.97 Å². The summed E-state index contributed by atoms with van der Waals surface area (Å²) in [5.74, 6) is -1.54. The van der Waals surface area contributed by atoms with Crippen LogP contribution in [0.2, 0.25) is 0 Å². The molecule has 0 atom stereocenters. The third-order valence-corrected chi connectivity index (χ3v) is 2.30. The summed E-state index contributed by atoms with van der Waals surface area (Å²) in [5, 5.41) is 25.9. The third-order valence-electron chi connectivity index (χ3n) is 2.30. The average Bonchev–Trinajstić information content (AvgIpc) is 2.41. The fourth-order valence-corrected chi connectivity index (χ4v) is 1.32. The maximum absolute atomic E-state index is 11.7. The Bertz CT molecular complexity index is 275. The van der Waals surface area contributed by atoms with Crippen molar-refractivity contribution < 1.29 is 34.4 Å². The van der Waals surface area contributed by atoms with Gasteiger partial charge in [0.1, 0.15) is 13.2 Å². The normalized spacial score (nSPS) is 8.75. The molecular weight excluding hydrogens is 318 g/mol. The molecule has 150 valence electrons. The number of hydrogen-bond donors (Lipinski definition) is 3. The molecule has 0 radical (unpaired) electrons. The lowest BCUT2D eigenvalue weighted by Crippen LogP contribution is -2.40. The summed E-state index contributed by atoms with van der Waals surface area (Å²) in [6, 6.07) is 0. The highest BCUT2D eigenvalue weighted by molar-refractivity contribution is 5.82. The van der Waals surface area contributed by atoms with E-state index >= 15 is 0 Å². The third kappa shape index (κ3) is 20.8. The fraction of sp³-hybridized carbons (Fsp3) is 0.875. The second kappa shape index (κ2) is 24.0. The van der Waals surface area contributed by atoms with Crippen molar-refractivity contribution in [2.24, 2.45) is 0 Å². The van der Waals surface area contributed by atoms with Crippen molar-refractivity contribution >= 4 is 11.9 Å². The molecule has 0 rings (SSSR count). The van der Waals surface area contributed by atoms with Crippen LogP contribution in [-0.4, -0.2) is 84.8 Å². The van der Waals surface area contributed by atoms with E-state index in [2.05, 4.69) is 0 Å². The predicted molar refractivity (Wildman–Crippen MR) is 96.2 cm³/mol. The molecule has 0 aliphatic carbocycles. The number of carbonyl (C=O) groups is 2.